The monoisotopic (exact) mass is 420 g/mol. The van der Waals surface area contributed by atoms with Crippen molar-refractivity contribution in [2.75, 3.05) is 26.8 Å². The molecule has 0 bridgehead atoms. The van der Waals surface area contributed by atoms with E-state index in [-0.39, 0.29) is 11.5 Å². The number of rotatable bonds is 8. The maximum Gasteiger partial charge on any atom is 0.251 e. The molecule has 1 aliphatic rings. The van der Waals surface area contributed by atoms with E-state index in [0.717, 1.165) is 48.6 Å². The molecule has 0 saturated carbocycles. The van der Waals surface area contributed by atoms with Crippen molar-refractivity contribution in [1.29, 1.82) is 0 Å². The molecule has 1 fully saturated rings. The molecular weight excluding hydrogens is 392 g/mol. The first kappa shape index (κ1) is 21.2. The number of aromatic amines is 1. The van der Waals surface area contributed by atoms with Crippen molar-refractivity contribution in [1.82, 2.24) is 19.9 Å². The topological polar surface area (TPSA) is 80.3 Å². The summed E-state index contributed by atoms with van der Waals surface area (Å²) in [5.41, 5.74) is 3.89. The molecule has 4 rings (SSSR count). The second kappa shape index (κ2) is 9.85. The summed E-state index contributed by atoms with van der Waals surface area (Å²) in [6.07, 6.45) is 4.39. The van der Waals surface area contributed by atoms with E-state index in [4.69, 9.17) is 14.5 Å². The number of pyridine rings is 1. The molecule has 2 aromatic heterocycles. The zero-order valence-corrected chi connectivity index (χ0v) is 18.0. The lowest BCUT2D eigenvalue weighted by molar-refractivity contribution is 0.132. The normalized spacial score (nSPS) is 16.5. The van der Waals surface area contributed by atoms with Gasteiger partial charge in [0.2, 0.25) is 0 Å². The Kier molecular flexibility index (Phi) is 6.74. The molecule has 1 N–H and O–H groups in total. The second-order valence-corrected chi connectivity index (χ2v) is 7.76. The van der Waals surface area contributed by atoms with Crippen molar-refractivity contribution in [3.05, 3.63) is 76.0 Å². The van der Waals surface area contributed by atoms with Gasteiger partial charge >= 0.3 is 0 Å². The summed E-state index contributed by atoms with van der Waals surface area (Å²) in [6, 6.07) is 11.6. The number of ether oxygens (including phenoxy) is 2. The Hall–Kier alpha value is -3.03. The smallest absolute Gasteiger partial charge is 0.251 e. The fraction of sp³-hybridized carbons (Fsp3) is 0.375. The highest BCUT2D eigenvalue weighted by molar-refractivity contribution is 5.53. The van der Waals surface area contributed by atoms with Crippen LogP contribution in [-0.2, 0) is 17.9 Å². The van der Waals surface area contributed by atoms with Gasteiger partial charge in [-0.1, -0.05) is 6.07 Å². The molecule has 0 spiro atoms. The maximum atomic E-state index is 12.2. The third-order valence-electron chi connectivity index (χ3n) is 5.62. The van der Waals surface area contributed by atoms with E-state index in [9.17, 15) is 4.79 Å². The van der Waals surface area contributed by atoms with Gasteiger partial charge in [0.05, 0.1) is 19.4 Å². The molecule has 1 aromatic carbocycles. The van der Waals surface area contributed by atoms with E-state index >= 15 is 0 Å². The van der Waals surface area contributed by atoms with Crippen LogP contribution in [0, 0.1) is 0 Å². The van der Waals surface area contributed by atoms with E-state index < -0.39 is 0 Å². The van der Waals surface area contributed by atoms with Gasteiger partial charge < -0.3 is 14.5 Å². The first-order valence-corrected chi connectivity index (χ1v) is 10.6. The number of benzene rings is 1. The van der Waals surface area contributed by atoms with Gasteiger partial charge in [0.15, 0.2) is 0 Å². The Labute approximate surface area is 182 Å². The predicted octanol–water partition coefficient (Wildman–Crippen LogP) is 3.37. The highest BCUT2D eigenvalue weighted by atomic mass is 16.5. The van der Waals surface area contributed by atoms with Gasteiger partial charge in [0.25, 0.3) is 5.56 Å². The fourth-order valence-corrected chi connectivity index (χ4v) is 4.06. The van der Waals surface area contributed by atoms with Crippen molar-refractivity contribution < 1.29 is 9.47 Å². The number of nitrogens with one attached hydrogen (secondary N) is 1. The van der Waals surface area contributed by atoms with Crippen LogP contribution < -0.4 is 10.3 Å². The van der Waals surface area contributed by atoms with Crippen molar-refractivity contribution in [3.8, 4) is 17.1 Å². The molecule has 162 valence electrons. The van der Waals surface area contributed by atoms with Crippen LogP contribution in [0.3, 0.4) is 0 Å². The van der Waals surface area contributed by atoms with E-state index in [1.54, 1.807) is 25.6 Å². The van der Waals surface area contributed by atoms with Gasteiger partial charge in [-0.25, -0.2) is 4.98 Å². The van der Waals surface area contributed by atoms with E-state index in [0.29, 0.717) is 19.0 Å². The van der Waals surface area contributed by atoms with Crippen LogP contribution in [0.2, 0.25) is 0 Å². The van der Waals surface area contributed by atoms with Gasteiger partial charge in [0, 0.05) is 55.2 Å². The number of hydrogen-bond donors (Lipinski definition) is 1. The number of aromatic nitrogens is 3. The lowest BCUT2D eigenvalue weighted by Gasteiger charge is -2.18. The number of likely N-dealkylation sites (tertiary alicyclic amines) is 1. The van der Waals surface area contributed by atoms with Crippen molar-refractivity contribution in [3.63, 3.8) is 0 Å². The fourth-order valence-electron chi connectivity index (χ4n) is 4.06. The Morgan fingerprint density at radius 3 is 2.81 bits per heavy atom. The lowest BCUT2D eigenvalue weighted by atomic mass is 10.0. The molecule has 7 nitrogen and oxygen atoms in total. The third-order valence-corrected chi connectivity index (χ3v) is 5.62. The first-order chi connectivity index (χ1) is 15.2. The standard InChI is InChI=1S/C24H28N4O3/c1-3-31-16-20-12-17(4-5-22(20)30-2)14-28-11-8-19(15-28)21-13-23(29)27-24(26-21)18-6-9-25-10-7-18/h4-7,9-10,12-13,19H,3,8,11,14-16H2,1-2H3,(H,26,27,29). The summed E-state index contributed by atoms with van der Waals surface area (Å²) in [7, 11) is 1.68. The number of hydrogen-bond acceptors (Lipinski definition) is 6. The molecule has 0 amide bonds. The summed E-state index contributed by atoms with van der Waals surface area (Å²) in [6.45, 7) is 5.90. The van der Waals surface area contributed by atoms with Crippen molar-refractivity contribution >= 4 is 0 Å². The van der Waals surface area contributed by atoms with Gasteiger partial charge in [-0.15, -0.1) is 0 Å². The number of H-pyrrole nitrogens is 1. The average Bonchev–Trinajstić information content (AvgIpc) is 3.26. The zero-order chi connectivity index (χ0) is 21.6. The maximum absolute atomic E-state index is 12.2. The van der Waals surface area contributed by atoms with Gasteiger partial charge in [-0.2, -0.15) is 0 Å². The Morgan fingerprint density at radius 1 is 1.19 bits per heavy atom. The molecule has 0 aliphatic carbocycles. The van der Waals surface area contributed by atoms with Crippen LogP contribution in [0.15, 0.2) is 53.6 Å². The highest BCUT2D eigenvalue weighted by Gasteiger charge is 2.26. The molecule has 1 unspecified atom stereocenters. The van der Waals surface area contributed by atoms with Gasteiger partial charge in [-0.05, 0) is 49.7 Å². The molecular formula is C24H28N4O3. The lowest BCUT2D eigenvalue weighted by Crippen LogP contribution is -2.21. The minimum Gasteiger partial charge on any atom is -0.496 e. The Balaban J connectivity index is 1.47. The largest absolute Gasteiger partial charge is 0.496 e. The summed E-state index contributed by atoms with van der Waals surface area (Å²) in [5.74, 6) is 1.69. The van der Waals surface area contributed by atoms with Crippen molar-refractivity contribution in [2.24, 2.45) is 0 Å². The highest BCUT2D eigenvalue weighted by Crippen LogP contribution is 2.28. The number of methoxy groups -OCH3 is 1. The van der Waals surface area contributed by atoms with Crippen LogP contribution in [0.5, 0.6) is 5.75 Å². The molecule has 3 heterocycles. The molecule has 1 aliphatic heterocycles. The summed E-state index contributed by atoms with van der Waals surface area (Å²) >= 11 is 0. The SMILES string of the molecule is CCOCc1cc(CN2CCC(c3cc(=O)[nH]c(-c4ccncc4)n3)C2)ccc1OC. The van der Waals surface area contributed by atoms with Crippen LogP contribution in [0.25, 0.3) is 11.4 Å². The summed E-state index contributed by atoms with van der Waals surface area (Å²) in [4.78, 5) is 26.3. The van der Waals surface area contributed by atoms with Crippen LogP contribution >= 0.6 is 0 Å². The van der Waals surface area contributed by atoms with E-state index in [1.165, 1.54) is 5.56 Å². The quantitative estimate of drug-likeness (QED) is 0.602. The molecule has 3 aromatic rings. The molecule has 0 radical (unpaired) electrons. The van der Waals surface area contributed by atoms with E-state index in [1.807, 2.05) is 25.1 Å². The van der Waals surface area contributed by atoms with Gasteiger partial charge in [-0.3, -0.25) is 14.7 Å². The minimum absolute atomic E-state index is 0.119. The van der Waals surface area contributed by atoms with Crippen LogP contribution in [-0.4, -0.2) is 46.7 Å². The van der Waals surface area contributed by atoms with Crippen LogP contribution in [0.1, 0.15) is 36.1 Å². The van der Waals surface area contributed by atoms with Gasteiger partial charge in [0.1, 0.15) is 11.6 Å². The zero-order valence-electron chi connectivity index (χ0n) is 18.0. The summed E-state index contributed by atoms with van der Waals surface area (Å²) < 4.78 is 11.0. The van der Waals surface area contributed by atoms with E-state index in [2.05, 4.69) is 27.0 Å². The first-order valence-electron chi connectivity index (χ1n) is 10.6. The molecule has 31 heavy (non-hydrogen) atoms. The molecule has 1 saturated heterocycles. The van der Waals surface area contributed by atoms with Crippen LogP contribution in [0.4, 0.5) is 0 Å². The third kappa shape index (κ3) is 5.18. The minimum atomic E-state index is -0.119. The van der Waals surface area contributed by atoms with Crippen molar-refractivity contribution in [2.45, 2.75) is 32.4 Å². The molecule has 1 atom stereocenters. The number of nitrogens with zero attached hydrogens (tertiary/aromatic N) is 3. The predicted molar refractivity (Wildman–Crippen MR) is 119 cm³/mol. The second-order valence-electron chi connectivity index (χ2n) is 7.76. The average molecular weight is 421 g/mol. The Morgan fingerprint density at radius 2 is 2.03 bits per heavy atom. The Bertz CT molecular complexity index is 1070. The molecule has 7 heteroatoms. The summed E-state index contributed by atoms with van der Waals surface area (Å²) in [5, 5.41) is 0.